The molecule has 1 aliphatic rings. The zero-order chi connectivity index (χ0) is 20.1. The second-order valence-electron chi connectivity index (χ2n) is 8.59. The normalized spacial score (nSPS) is 15.0. The van der Waals surface area contributed by atoms with Crippen molar-refractivity contribution in [2.75, 3.05) is 32.8 Å². The summed E-state index contributed by atoms with van der Waals surface area (Å²) < 4.78 is 5.34. The van der Waals surface area contributed by atoms with Gasteiger partial charge in [-0.05, 0) is 51.2 Å². The van der Waals surface area contributed by atoms with Gasteiger partial charge in [0, 0.05) is 6.54 Å². The van der Waals surface area contributed by atoms with Gasteiger partial charge in [-0.15, -0.1) is 0 Å². The highest BCUT2D eigenvalue weighted by atomic mass is 16.5. The van der Waals surface area contributed by atoms with E-state index < -0.39 is 0 Å². The van der Waals surface area contributed by atoms with E-state index in [0.717, 1.165) is 38.5 Å². The smallest absolute Gasteiger partial charge is 0.307 e. The molecule has 0 amide bonds. The predicted molar refractivity (Wildman–Crippen MR) is 120 cm³/mol. The van der Waals surface area contributed by atoms with Crippen molar-refractivity contribution in [1.29, 1.82) is 0 Å². The molecular weight excluding hydrogens is 348 g/mol. The lowest BCUT2D eigenvalue weighted by atomic mass is 9.95. The molecule has 0 radical (unpaired) electrons. The first-order valence-corrected chi connectivity index (χ1v) is 12.4. The van der Waals surface area contributed by atoms with Gasteiger partial charge in [0.05, 0.1) is 13.0 Å². The molecule has 0 aromatic carbocycles. The number of ether oxygens (including phenoxy) is 1. The zero-order valence-electron chi connectivity index (χ0n) is 18.7. The van der Waals surface area contributed by atoms with Crippen molar-refractivity contribution in [2.24, 2.45) is 5.92 Å². The number of hydrogen-bond donors (Lipinski definition) is 2. The van der Waals surface area contributed by atoms with Crippen molar-refractivity contribution < 1.29 is 9.53 Å². The third-order valence-electron chi connectivity index (χ3n) is 5.95. The molecule has 0 bridgehead atoms. The first-order chi connectivity index (χ1) is 13.8. The number of nitrogens with one attached hydrogen (secondary N) is 2. The molecule has 0 atom stereocenters. The Balaban J connectivity index is 1.73. The Bertz CT molecular complexity index is 343. The van der Waals surface area contributed by atoms with E-state index in [1.807, 2.05) is 0 Å². The van der Waals surface area contributed by atoms with E-state index >= 15 is 0 Å². The molecular formula is C24H48N2O2. The Hall–Kier alpha value is -0.610. The van der Waals surface area contributed by atoms with Crippen LogP contribution in [0.3, 0.4) is 0 Å². The monoisotopic (exact) mass is 396 g/mol. The summed E-state index contributed by atoms with van der Waals surface area (Å²) in [5.41, 5.74) is 0. The van der Waals surface area contributed by atoms with Crippen LogP contribution in [0.1, 0.15) is 110 Å². The van der Waals surface area contributed by atoms with Crippen molar-refractivity contribution in [3.63, 3.8) is 0 Å². The quantitative estimate of drug-likeness (QED) is 0.220. The van der Waals surface area contributed by atoms with Crippen LogP contribution in [0.2, 0.25) is 0 Å². The average molecular weight is 397 g/mol. The van der Waals surface area contributed by atoms with E-state index in [2.05, 4.69) is 17.6 Å². The number of unbranched alkanes of at least 4 members (excludes halogenated alkanes) is 11. The second-order valence-corrected chi connectivity index (χ2v) is 8.59. The van der Waals surface area contributed by atoms with Crippen LogP contribution in [0.5, 0.6) is 0 Å². The fraction of sp³-hybridized carbons (Fsp3) is 0.958. The number of carbonyl (C=O) groups excluding carboxylic acids is 1. The Labute approximate surface area is 175 Å². The number of hydrogen-bond acceptors (Lipinski definition) is 4. The molecule has 0 saturated carbocycles. The van der Waals surface area contributed by atoms with Crippen LogP contribution in [0.4, 0.5) is 0 Å². The highest BCUT2D eigenvalue weighted by Crippen LogP contribution is 2.14. The largest absolute Gasteiger partial charge is 0.466 e. The molecule has 0 unspecified atom stereocenters. The molecule has 0 aromatic heterocycles. The van der Waals surface area contributed by atoms with Gasteiger partial charge in [-0.25, -0.2) is 0 Å². The van der Waals surface area contributed by atoms with Crippen molar-refractivity contribution in [3.05, 3.63) is 0 Å². The second kappa shape index (κ2) is 19.7. The van der Waals surface area contributed by atoms with Crippen molar-refractivity contribution in [2.45, 2.75) is 110 Å². The molecule has 28 heavy (non-hydrogen) atoms. The van der Waals surface area contributed by atoms with Crippen molar-refractivity contribution in [1.82, 2.24) is 10.6 Å². The molecule has 2 N–H and O–H groups in total. The fourth-order valence-corrected chi connectivity index (χ4v) is 3.99. The first kappa shape index (κ1) is 25.4. The molecule has 0 spiro atoms. The SMILES string of the molecule is CCCCCCCCCCCCCCOC(=O)CCNCCC1CCNCC1. The van der Waals surface area contributed by atoms with Crippen LogP contribution < -0.4 is 10.6 Å². The Kier molecular flexibility index (Phi) is 17.9. The molecule has 166 valence electrons. The predicted octanol–water partition coefficient (Wildman–Crippen LogP) is 5.60. The molecule has 1 saturated heterocycles. The molecule has 0 aliphatic carbocycles. The Morgan fingerprint density at radius 2 is 1.43 bits per heavy atom. The minimum Gasteiger partial charge on any atom is -0.466 e. The molecule has 4 nitrogen and oxygen atoms in total. The van der Waals surface area contributed by atoms with Gasteiger partial charge in [0.25, 0.3) is 0 Å². The molecule has 1 fully saturated rings. The number of carbonyl (C=O) groups is 1. The van der Waals surface area contributed by atoms with E-state index in [9.17, 15) is 4.79 Å². The maximum Gasteiger partial charge on any atom is 0.307 e. The highest BCUT2D eigenvalue weighted by molar-refractivity contribution is 5.69. The van der Waals surface area contributed by atoms with Crippen LogP contribution in [0.15, 0.2) is 0 Å². The number of rotatable bonds is 19. The van der Waals surface area contributed by atoms with Gasteiger partial charge in [-0.2, -0.15) is 0 Å². The summed E-state index contributed by atoms with van der Waals surface area (Å²) >= 11 is 0. The van der Waals surface area contributed by atoms with Crippen LogP contribution in [0, 0.1) is 5.92 Å². The summed E-state index contributed by atoms with van der Waals surface area (Å²) in [6, 6.07) is 0. The van der Waals surface area contributed by atoms with Crippen molar-refractivity contribution >= 4 is 5.97 Å². The van der Waals surface area contributed by atoms with Crippen molar-refractivity contribution in [3.8, 4) is 0 Å². The van der Waals surface area contributed by atoms with E-state index in [4.69, 9.17) is 4.74 Å². The van der Waals surface area contributed by atoms with Gasteiger partial charge < -0.3 is 15.4 Å². The summed E-state index contributed by atoms with van der Waals surface area (Å²) in [4.78, 5) is 11.7. The van der Waals surface area contributed by atoms with E-state index in [1.54, 1.807) is 0 Å². The van der Waals surface area contributed by atoms with Gasteiger partial charge in [0.2, 0.25) is 0 Å². The number of esters is 1. The van der Waals surface area contributed by atoms with Gasteiger partial charge >= 0.3 is 5.97 Å². The Morgan fingerprint density at radius 3 is 2.04 bits per heavy atom. The lowest BCUT2D eigenvalue weighted by Crippen LogP contribution is -2.30. The molecule has 4 heteroatoms. The highest BCUT2D eigenvalue weighted by Gasteiger charge is 2.12. The van der Waals surface area contributed by atoms with E-state index in [0.29, 0.717) is 13.0 Å². The number of piperidine rings is 1. The first-order valence-electron chi connectivity index (χ1n) is 12.4. The topological polar surface area (TPSA) is 50.4 Å². The van der Waals surface area contributed by atoms with Crippen LogP contribution in [0.25, 0.3) is 0 Å². The third kappa shape index (κ3) is 16.4. The Morgan fingerprint density at radius 1 is 0.857 bits per heavy atom. The molecule has 1 heterocycles. The summed E-state index contributed by atoms with van der Waals surface area (Å²) in [5, 5.41) is 6.79. The summed E-state index contributed by atoms with van der Waals surface area (Å²) in [5.74, 6) is 0.809. The van der Waals surface area contributed by atoms with Gasteiger partial charge in [-0.3, -0.25) is 4.79 Å². The van der Waals surface area contributed by atoms with Crippen LogP contribution in [-0.2, 0) is 9.53 Å². The minimum atomic E-state index is -0.0440. The average Bonchev–Trinajstić information content (AvgIpc) is 2.72. The molecule has 0 aromatic rings. The maximum atomic E-state index is 11.7. The van der Waals surface area contributed by atoms with Gasteiger partial charge in [0.1, 0.15) is 0 Å². The lowest BCUT2D eigenvalue weighted by Gasteiger charge is -2.22. The van der Waals surface area contributed by atoms with Crippen LogP contribution >= 0.6 is 0 Å². The van der Waals surface area contributed by atoms with Gasteiger partial charge in [0.15, 0.2) is 0 Å². The third-order valence-corrected chi connectivity index (χ3v) is 5.95. The van der Waals surface area contributed by atoms with Crippen LogP contribution in [-0.4, -0.2) is 38.8 Å². The zero-order valence-corrected chi connectivity index (χ0v) is 18.7. The van der Waals surface area contributed by atoms with E-state index in [1.165, 1.54) is 89.9 Å². The standard InChI is InChI=1S/C24H48N2O2/c1-2-3-4-5-6-7-8-9-10-11-12-13-22-28-24(27)17-21-26-20-16-23-14-18-25-19-15-23/h23,25-26H,2-22H2,1H3. The molecule has 1 rings (SSSR count). The minimum absolute atomic E-state index is 0.0440. The molecule has 1 aliphatic heterocycles. The lowest BCUT2D eigenvalue weighted by molar-refractivity contribution is -0.143. The summed E-state index contributed by atoms with van der Waals surface area (Å²) in [7, 11) is 0. The fourth-order valence-electron chi connectivity index (χ4n) is 3.99. The summed E-state index contributed by atoms with van der Waals surface area (Å²) in [6.07, 6.45) is 20.3. The summed E-state index contributed by atoms with van der Waals surface area (Å²) in [6.45, 7) is 6.98. The van der Waals surface area contributed by atoms with E-state index in [-0.39, 0.29) is 5.97 Å². The maximum absolute atomic E-state index is 11.7. The van der Waals surface area contributed by atoms with Gasteiger partial charge in [-0.1, -0.05) is 77.6 Å².